The third kappa shape index (κ3) is 2.32. The molecule has 0 fully saturated rings. The first-order chi connectivity index (χ1) is 6.52. The van der Waals surface area contributed by atoms with Crippen LogP contribution in [0.25, 0.3) is 0 Å². The minimum absolute atomic E-state index is 0.0684. The number of carboxylic acids is 1. The van der Waals surface area contributed by atoms with Crippen molar-refractivity contribution in [2.45, 2.75) is 25.9 Å². The molecule has 0 saturated heterocycles. The monoisotopic (exact) mass is 197 g/mol. The van der Waals surface area contributed by atoms with Gasteiger partial charge in [-0.3, -0.25) is 10.1 Å². The van der Waals surface area contributed by atoms with Crippen LogP contribution in [0.1, 0.15) is 25.7 Å². The second-order valence-corrected chi connectivity index (χ2v) is 3.34. The number of nitrogens with zero attached hydrogens (tertiary/aromatic N) is 2. The van der Waals surface area contributed by atoms with Crippen molar-refractivity contribution in [1.82, 2.24) is 14.9 Å². The lowest BCUT2D eigenvalue weighted by Gasteiger charge is -2.16. The van der Waals surface area contributed by atoms with Crippen LogP contribution in [0, 0.1) is 0 Å². The van der Waals surface area contributed by atoms with E-state index in [-0.39, 0.29) is 6.04 Å². The second-order valence-electron chi connectivity index (χ2n) is 3.34. The summed E-state index contributed by atoms with van der Waals surface area (Å²) in [6, 6.07) is -0.636. The van der Waals surface area contributed by atoms with E-state index in [1.807, 2.05) is 24.7 Å². The topological polar surface area (TPSA) is 67.2 Å². The van der Waals surface area contributed by atoms with Gasteiger partial charge in [0.05, 0.1) is 6.04 Å². The van der Waals surface area contributed by atoms with Gasteiger partial charge in [0.1, 0.15) is 11.9 Å². The third-order valence-corrected chi connectivity index (χ3v) is 2.12. The number of carbonyl (C=O) groups is 1. The number of imidazole rings is 1. The summed E-state index contributed by atoms with van der Waals surface area (Å²) in [5, 5.41) is 11.6. The standard InChI is InChI=1S/C9H15N3O2/c1-6(11-7(2)9(13)14)8-10-4-5-12(8)3/h4-7,11H,1-3H3,(H,13,14). The summed E-state index contributed by atoms with van der Waals surface area (Å²) in [7, 11) is 1.88. The molecule has 0 aliphatic heterocycles. The Labute approximate surface area is 82.8 Å². The second kappa shape index (κ2) is 4.23. The van der Waals surface area contributed by atoms with E-state index in [1.54, 1.807) is 13.1 Å². The fraction of sp³-hybridized carbons (Fsp3) is 0.556. The van der Waals surface area contributed by atoms with Crippen molar-refractivity contribution in [3.63, 3.8) is 0 Å². The Kier molecular flexibility index (Phi) is 3.24. The third-order valence-electron chi connectivity index (χ3n) is 2.12. The van der Waals surface area contributed by atoms with Crippen LogP contribution in [0.5, 0.6) is 0 Å². The van der Waals surface area contributed by atoms with Crippen molar-refractivity contribution in [3.05, 3.63) is 18.2 Å². The molecule has 0 aliphatic rings. The Morgan fingerprint density at radius 3 is 2.71 bits per heavy atom. The SMILES string of the molecule is CC(NC(C)c1nccn1C)C(=O)O. The maximum Gasteiger partial charge on any atom is 0.320 e. The van der Waals surface area contributed by atoms with Crippen LogP contribution < -0.4 is 5.32 Å². The molecular formula is C9H15N3O2. The number of carboxylic acid groups (broad SMARTS) is 1. The summed E-state index contributed by atoms with van der Waals surface area (Å²) >= 11 is 0. The van der Waals surface area contributed by atoms with Crippen molar-refractivity contribution >= 4 is 5.97 Å². The highest BCUT2D eigenvalue weighted by Crippen LogP contribution is 2.08. The van der Waals surface area contributed by atoms with Gasteiger partial charge in [-0.05, 0) is 13.8 Å². The molecule has 0 aliphatic carbocycles. The van der Waals surface area contributed by atoms with Crippen LogP contribution >= 0.6 is 0 Å². The molecule has 0 saturated carbocycles. The largest absolute Gasteiger partial charge is 0.480 e. The lowest BCUT2D eigenvalue weighted by atomic mass is 10.2. The molecule has 0 aromatic carbocycles. The van der Waals surface area contributed by atoms with Crippen LogP contribution in [0.3, 0.4) is 0 Å². The van der Waals surface area contributed by atoms with Crippen molar-refractivity contribution in [2.75, 3.05) is 0 Å². The molecular weight excluding hydrogens is 182 g/mol. The van der Waals surface area contributed by atoms with Crippen LogP contribution in [0.4, 0.5) is 0 Å². The highest BCUT2D eigenvalue weighted by atomic mass is 16.4. The van der Waals surface area contributed by atoms with Gasteiger partial charge in [-0.2, -0.15) is 0 Å². The first-order valence-corrected chi connectivity index (χ1v) is 4.48. The number of aliphatic carboxylic acids is 1. The van der Waals surface area contributed by atoms with Gasteiger partial charge in [-0.15, -0.1) is 0 Å². The van der Waals surface area contributed by atoms with Crippen molar-refractivity contribution in [1.29, 1.82) is 0 Å². The zero-order valence-electron chi connectivity index (χ0n) is 8.56. The Bertz CT molecular complexity index is 322. The molecule has 0 radical (unpaired) electrons. The summed E-state index contributed by atoms with van der Waals surface area (Å²) in [6.07, 6.45) is 3.53. The first kappa shape index (κ1) is 10.7. The summed E-state index contributed by atoms with van der Waals surface area (Å²) in [6.45, 7) is 3.50. The summed E-state index contributed by atoms with van der Waals surface area (Å²) in [5.74, 6) is -0.0239. The maximum absolute atomic E-state index is 10.6. The molecule has 0 amide bonds. The average molecular weight is 197 g/mol. The van der Waals surface area contributed by atoms with Crippen LogP contribution in [-0.2, 0) is 11.8 Å². The van der Waals surface area contributed by atoms with Gasteiger partial charge < -0.3 is 9.67 Å². The predicted molar refractivity (Wildman–Crippen MR) is 51.9 cm³/mol. The van der Waals surface area contributed by atoms with Gasteiger partial charge in [0.2, 0.25) is 0 Å². The number of nitrogens with one attached hydrogen (secondary N) is 1. The average Bonchev–Trinajstić information content (AvgIpc) is 2.51. The smallest absolute Gasteiger partial charge is 0.320 e. The summed E-state index contributed by atoms with van der Waals surface area (Å²) in [4.78, 5) is 14.7. The van der Waals surface area contributed by atoms with Gasteiger partial charge >= 0.3 is 5.97 Å². The van der Waals surface area contributed by atoms with Crippen LogP contribution in [0.2, 0.25) is 0 Å². The van der Waals surface area contributed by atoms with Crippen molar-refractivity contribution in [3.8, 4) is 0 Å². The number of hydrogen-bond donors (Lipinski definition) is 2. The molecule has 1 aromatic heterocycles. The van der Waals surface area contributed by atoms with Gasteiger partial charge in [0.15, 0.2) is 0 Å². The molecule has 78 valence electrons. The van der Waals surface area contributed by atoms with E-state index in [1.165, 1.54) is 0 Å². The normalized spacial score (nSPS) is 15.1. The van der Waals surface area contributed by atoms with Gasteiger partial charge in [-0.1, -0.05) is 0 Å². The lowest BCUT2D eigenvalue weighted by molar-refractivity contribution is -0.139. The quantitative estimate of drug-likeness (QED) is 0.739. The highest BCUT2D eigenvalue weighted by molar-refractivity contribution is 5.72. The zero-order chi connectivity index (χ0) is 10.7. The number of rotatable bonds is 4. The van der Waals surface area contributed by atoms with Crippen LogP contribution in [0.15, 0.2) is 12.4 Å². The summed E-state index contributed by atoms with van der Waals surface area (Å²) < 4.78 is 1.87. The van der Waals surface area contributed by atoms with Gasteiger partial charge in [0.25, 0.3) is 0 Å². The Morgan fingerprint density at radius 2 is 2.29 bits per heavy atom. The molecule has 1 heterocycles. The molecule has 1 aromatic rings. The Hall–Kier alpha value is -1.36. The van der Waals surface area contributed by atoms with Crippen molar-refractivity contribution in [2.24, 2.45) is 7.05 Å². The minimum atomic E-state index is -0.856. The minimum Gasteiger partial charge on any atom is -0.480 e. The summed E-state index contributed by atoms with van der Waals surface area (Å²) in [5.41, 5.74) is 0. The molecule has 2 atom stereocenters. The van der Waals surface area contributed by atoms with E-state index in [9.17, 15) is 4.79 Å². The van der Waals surface area contributed by atoms with E-state index >= 15 is 0 Å². The van der Waals surface area contributed by atoms with Gasteiger partial charge in [-0.25, -0.2) is 4.98 Å². The Balaban J connectivity index is 2.63. The molecule has 0 spiro atoms. The number of aromatic nitrogens is 2. The maximum atomic E-state index is 10.6. The van der Waals surface area contributed by atoms with E-state index in [0.717, 1.165) is 5.82 Å². The molecule has 1 rings (SSSR count). The molecule has 5 heteroatoms. The highest BCUT2D eigenvalue weighted by Gasteiger charge is 2.16. The molecule has 14 heavy (non-hydrogen) atoms. The molecule has 2 N–H and O–H groups in total. The molecule has 2 unspecified atom stereocenters. The van der Waals surface area contributed by atoms with E-state index in [4.69, 9.17) is 5.11 Å². The van der Waals surface area contributed by atoms with E-state index < -0.39 is 12.0 Å². The first-order valence-electron chi connectivity index (χ1n) is 4.48. The zero-order valence-corrected chi connectivity index (χ0v) is 8.56. The van der Waals surface area contributed by atoms with Crippen molar-refractivity contribution < 1.29 is 9.90 Å². The number of aryl methyl sites for hydroxylation is 1. The predicted octanol–water partition coefficient (Wildman–Crippen LogP) is 0.544. The fourth-order valence-corrected chi connectivity index (χ4v) is 1.32. The fourth-order valence-electron chi connectivity index (χ4n) is 1.32. The molecule has 0 bridgehead atoms. The van der Waals surface area contributed by atoms with E-state index in [0.29, 0.717) is 0 Å². The lowest BCUT2D eigenvalue weighted by Crippen LogP contribution is -2.36. The Morgan fingerprint density at radius 1 is 1.64 bits per heavy atom. The van der Waals surface area contributed by atoms with Gasteiger partial charge in [0, 0.05) is 19.4 Å². The van der Waals surface area contributed by atoms with E-state index in [2.05, 4.69) is 10.3 Å². The number of hydrogen-bond acceptors (Lipinski definition) is 3. The van der Waals surface area contributed by atoms with Crippen LogP contribution in [-0.4, -0.2) is 26.7 Å². The molecule has 5 nitrogen and oxygen atoms in total.